The van der Waals surface area contributed by atoms with Crippen molar-refractivity contribution in [1.82, 2.24) is 20.7 Å². The molecule has 4 aliphatic rings. The minimum atomic E-state index is -1.00. The Kier molecular flexibility index (Phi) is 7.31. The fraction of sp³-hybridized carbons (Fsp3) is 0.750. The molecule has 4 heterocycles. The summed E-state index contributed by atoms with van der Waals surface area (Å²) < 4.78 is 19.8. The number of hydrogen-bond acceptors (Lipinski definition) is 8. The lowest BCUT2D eigenvalue weighted by Crippen LogP contribution is -2.65. The van der Waals surface area contributed by atoms with E-state index in [0.29, 0.717) is 18.9 Å². The molecule has 0 radical (unpaired) electrons. The van der Waals surface area contributed by atoms with Gasteiger partial charge in [0.15, 0.2) is 0 Å². The Hall–Kier alpha value is -1.85. The number of carbonyl (C=O) groups excluding carboxylic acids is 1. The summed E-state index contributed by atoms with van der Waals surface area (Å²) in [7, 11) is 0. The van der Waals surface area contributed by atoms with Crippen molar-refractivity contribution in [1.29, 1.82) is 0 Å². The zero-order valence-electron chi connectivity index (χ0n) is 19.8. The van der Waals surface area contributed by atoms with E-state index in [4.69, 9.17) is 10.5 Å². The zero-order chi connectivity index (χ0) is 23.5. The van der Waals surface area contributed by atoms with Gasteiger partial charge in [0.1, 0.15) is 11.6 Å². The Morgan fingerprint density at radius 1 is 1.21 bits per heavy atom. The molecule has 4 fully saturated rings. The highest BCUT2D eigenvalue weighted by atomic mass is 19.1. The first kappa shape index (κ1) is 23.9. The van der Waals surface area contributed by atoms with Crippen LogP contribution in [0.2, 0.25) is 0 Å². The third kappa shape index (κ3) is 4.42. The van der Waals surface area contributed by atoms with Gasteiger partial charge in [-0.2, -0.15) is 0 Å². The Balaban J connectivity index is 1.48. The van der Waals surface area contributed by atoms with Gasteiger partial charge < -0.3 is 20.7 Å². The van der Waals surface area contributed by atoms with Crippen LogP contribution in [-0.2, 0) is 9.53 Å². The molecule has 1 aromatic rings. The molecule has 0 spiro atoms. The second kappa shape index (κ2) is 10.4. The third-order valence-corrected chi connectivity index (χ3v) is 8.08. The molecule has 1 amide bonds. The molecular formula is C24H38FN7O2. The summed E-state index contributed by atoms with van der Waals surface area (Å²) in [5.74, 6) is -0.0182. The van der Waals surface area contributed by atoms with Crippen LogP contribution in [0.3, 0.4) is 0 Å². The Bertz CT molecular complexity index is 846. The minimum Gasteiger partial charge on any atom is -0.378 e. The van der Waals surface area contributed by atoms with E-state index in [9.17, 15) is 9.18 Å². The van der Waals surface area contributed by atoms with Crippen LogP contribution in [0.1, 0.15) is 44.9 Å². The fourth-order valence-electron chi connectivity index (χ4n) is 6.40. The maximum absolute atomic E-state index is 14.4. The lowest BCUT2D eigenvalue weighted by Gasteiger charge is -2.46. The molecule has 1 aromatic heterocycles. The topological polar surface area (TPSA) is 108 Å². The number of carbonyl (C=O) groups is 1. The summed E-state index contributed by atoms with van der Waals surface area (Å²) >= 11 is 0. The number of pyridine rings is 1. The van der Waals surface area contributed by atoms with Crippen molar-refractivity contribution in [3.63, 3.8) is 0 Å². The van der Waals surface area contributed by atoms with Gasteiger partial charge in [-0.15, -0.1) is 0 Å². The average molecular weight is 476 g/mol. The van der Waals surface area contributed by atoms with E-state index in [0.717, 1.165) is 44.5 Å². The number of hydrazine groups is 1. The number of nitrogens with two attached hydrogens (primary N) is 1. The van der Waals surface area contributed by atoms with E-state index < -0.39 is 17.8 Å². The minimum absolute atomic E-state index is 0.0949. The van der Waals surface area contributed by atoms with Crippen LogP contribution in [0.5, 0.6) is 0 Å². The second-order valence-electron chi connectivity index (χ2n) is 10.1. The first-order chi connectivity index (χ1) is 16.6. The van der Waals surface area contributed by atoms with Gasteiger partial charge in [0.2, 0.25) is 5.91 Å². The summed E-state index contributed by atoms with van der Waals surface area (Å²) in [5, 5.41) is 8.39. The average Bonchev–Trinajstić information content (AvgIpc) is 3.11. The number of halogens is 1. The summed E-state index contributed by atoms with van der Waals surface area (Å²) in [5.41, 5.74) is 10.7. The van der Waals surface area contributed by atoms with Crippen LogP contribution in [0.4, 0.5) is 15.8 Å². The molecule has 5 rings (SSSR count). The van der Waals surface area contributed by atoms with Crippen LogP contribution in [-0.4, -0.2) is 73.8 Å². The molecule has 0 bridgehead atoms. The van der Waals surface area contributed by atoms with Crippen LogP contribution in [0.25, 0.3) is 0 Å². The van der Waals surface area contributed by atoms with Crippen molar-refractivity contribution in [2.75, 3.05) is 49.6 Å². The number of ether oxygens (including phenoxy) is 1. The Labute approximate surface area is 200 Å². The fourth-order valence-corrected chi connectivity index (χ4v) is 6.40. The smallest absolute Gasteiger partial charge is 0.236 e. The molecule has 10 heteroatoms. The van der Waals surface area contributed by atoms with Crippen molar-refractivity contribution >= 4 is 17.3 Å². The standard InChI is InChI=1S/C24H38FN7O2/c25-18-14-28-22-24(21(26)30-32(22)16-18,17-6-4-2-1-3-5-7-17)23(33)29-19-15-27-9-8-20(19)31-10-12-34-13-11-31/h8-9,15,17-18,21-22,28,30H,1-7,10-14,16,26H2,(H,29,33). The van der Waals surface area contributed by atoms with Gasteiger partial charge in [-0.25, -0.2) is 14.8 Å². The van der Waals surface area contributed by atoms with Crippen LogP contribution in [0, 0.1) is 11.3 Å². The predicted octanol–water partition coefficient (Wildman–Crippen LogP) is 1.58. The van der Waals surface area contributed by atoms with Crippen LogP contribution >= 0.6 is 0 Å². The number of hydrogen-bond donors (Lipinski definition) is 4. The number of nitrogens with one attached hydrogen (secondary N) is 3. The molecule has 3 aliphatic heterocycles. The Morgan fingerprint density at radius 2 is 1.94 bits per heavy atom. The predicted molar refractivity (Wildman–Crippen MR) is 129 cm³/mol. The van der Waals surface area contributed by atoms with Gasteiger partial charge in [-0.1, -0.05) is 32.1 Å². The molecule has 4 unspecified atom stereocenters. The highest BCUT2D eigenvalue weighted by Crippen LogP contribution is 2.47. The normalized spacial score (nSPS) is 33.7. The number of morpholine rings is 1. The number of aromatic nitrogens is 1. The molecule has 1 saturated carbocycles. The quantitative estimate of drug-likeness (QED) is 0.520. The van der Waals surface area contributed by atoms with E-state index in [2.05, 4.69) is 25.9 Å². The van der Waals surface area contributed by atoms with Gasteiger partial charge in [0.05, 0.1) is 43.1 Å². The van der Waals surface area contributed by atoms with Gasteiger partial charge >= 0.3 is 0 Å². The number of alkyl halides is 1. The molecule has 0 aromatic carbocycles. The highest BCUT2D eigenvalue weighted by molar-refractivity contribution is 5.99. The van der Waals surface area contributed by atoms with Gasteiger partial charge in [-0.05, 0) is 24.8 Å². The van der Waals surface area contributed by atoms with Crippen molar-refractivity contribution in [3.05, 3.63) is 18.5 Å². The van der Waals surface area contributed by atoms with Gasteiger partial charge in [0.25, 0.3) is 0 Å². The molecule has 3 saturated heterocycles. The summed E-state index contributed by atoms with van der Waals surface area (Å²) in [6, 6.07) is 1.94. The van der Waals surface area contributed by atoms with Gasteiger partial charge in [0, 0.05) is 32.4 Å². The van der Waals surface area contributed by atoms with Crippen molar-refractivity contribution in [2.24, 2.45) is 17.1 Å². The van der Waals surface area contributed by atoms with Crippen LogP contribution < -0.4 is 26.7 Å². The Morgan fingerprint density at radius 3 is 2.71 bits per heavy atom. The monoisotopic (exact) mass is 475 g/mol. The number of fused-ring (bicyclic) bond motifs is 1. The van der Waals surface area contributed by atoms with E-state index in [1.54, 1.807) is 12.4 Å². The summed E-state index contributed by atoms with van der Waals surface area (Å²) in [6.45, 7) is 3.28. The zero-order valence-corrected chi connectivity index (χ0v) is 19.8. The van der Waals surface area contributed by atoms with E-state index in [1.165, 1.54) is 19.3 Å². The van der Waals surface area contributed by atoms with Gasteiger partial charge in [-0.3, -0.25) is 15.1 Å². The number of anilines is 2. The first-order valence-corrected chi connectivity index (χ1v) is 12.8. The lowest BCUT2D eigenvalue weighted by molar-refractivity contribution is -0.134. The molecule has 1 aliphatic carbocycles. The second-order valence-corrected chi connectivity index (χ2v) is 10.1. The van der Waals surface area contributed by atoms with Crippen LogP contribution in [0.15, 0.2) is 18.5 Å². The number of nitrogens with zero attached hydrogens (tertiary/aromatic N) is 3. The van der Waals surface area contributed by atoms with E-state index in [1.807, 2.05) is 11.1 Å². The lowest BCUT2D eigenvalue weighted by atomic mass is 9.65. The van der Waals surface area contributed by atoms with Crippen molar-refractivity contribution < 1.29 is 13.9 Å². The molecule has 9 nitrogen and oxygen atoms in total. The third-order valence-electron chi connectivity index (χ3n) is 8.08. The molecule has 4 atom stereocenters. The number of amides is 1. The van der Waals surface area contributed by atoms with E-state index >= 15 is 0 Å². The maximum Gasteiger partial charge on any atom is 0.236 e. The maximum atomic E-state index is 14.4. The first-order valence-electron chi connectivity index (χ1n) is 12.8. The summed E-state index contributed by atoms with van der Waals surface area (Å²) in [6.07, 6.45) is 9.13. The molecule has 5 N–H and O–H groups in total. The largest absolute Gasteiger partial charge is 0.378 e. The molecule has 188 valence electrons. The number of rotatable bonds is 4. The van der Waals surface area contributed by atoms with E-state index in [-0.39, 0.29) is 31.1 Å². The SMILES string of the molecule is NC1NN2CC(F)CNC2C1(C(=O)Nc1cnccc1N1CCOCC1)C1CCCCCCC1. The molecule has 34 heavy (non-hydrogen) atoms. The van der Waals surface area contributed by atoms with Crippen molar-refractivity contribution in [2.45, 2.75) is 63.4 Å². The molecular weight excluding hydrogens is 437 g/mol. The van der Waals surface area contributed by atoms with Crippen molar-refractivity contribution in [3.8, 4) is 0 Å². The summed E-state index contributed by atoms with van der Waals surface area (Å²) in [4.78, 5) is 20.9. The highest BCUT2D eigenvalue weighted by Gasteiger charge is 2.62.